The summed E-state index contributed by atoms with van der Waals surface area (Å²) in [6.45, 7) is 3.55. The first-order valence-corrected chi connectivity index (χ1v) is 8.51. The molecule has 116 valence electrons. The Morgan fingerprint density at radius 3 is 3.10 bits per heavy atom. The predicted molar refractivity (Wildman–Crippen MR) is 77.8 cm³/mol. The molecule has 2 fully saturated rings. The molecule has 1 saturated carbocycles. The fourth-order valence-electron chi connectivity index (χ4n) is 2.54. The molecular formula is C13H21N5O2S. The molecule has 1 aliphatic heterocycles. The highest BCUT2D eigenvalue weighted by Crippen LogP contribution is 2.32. The van der Waals surface area contributed by atoms with Crippen molar-refractivity contribution in [2.75, 3.05) is 12.4 Å². The second-order valence-corrected chi connectivity index (χ2v) is 6.70. The van der Waals surface area contributed by atoms with Crippen molar-refractivity contribution in [2.45, 2.75) is 56.5 Å². The molecule has 7 nitrogen and oxygen atoms in total. The zero-order valence-corrected chi connectivity index (χ0v) is 13.0. The first-order chi connectivity index (χ1) is 10.2. The van der Waals surface area contributed by atoms with E-state index in [2.05, 4.69) is 27.8 Å². The summed E-state index contributed by atoms with van der Waals surface area (Å²) >= 11 is 1.38. The summed E-state index contributed by atoms with van der Waals surface area (Å²) in [4.78, 5) is 11.9. The van der Waals surface area contributed by atoms with Crippen molar-refractivity contribution in [2.24, 2.45) is 5.92 Å². The van der Waals surface area contributed by atoms with Crippen molar-refractivity contribution < 1.29 is 9.53 Å². The van der Waals surface area contributed by atoms with E-state index in [0.717, 1.165) is 19.4 Å². The molecule has 0 spiro atoms. The first-order valence-electron chi connectivity index (χ1n) is 7.52. The van der Waals surface area contributed by atoms with Crippen molar-refractivity contribution >= 4 is 17.7 Å². The van der Waals surface area contributed by atoms with Gasteiger partial charge in [-0.3, -0.25) is 4.79 Å². The minimum absolute atomic E-state index is 0.0473. The summed E-state index contributed by atoms with van der Waals surface area (Å²) in [5.74, 6) is 1.07. The molecule has 2 unspecified atom stereocenters. The lowest BCUT2D eigenvalue weighted by atomic mass is 10.2. The zero-order valence-electron chi connectivity index (χ0n) is 12.2. The third-order valence-electron chi connectivity index (χ3n) is 3.95. The molecule has 2 heterocycles. The van der Waals surface area contributed by atoms with Crippen LogP contribution in [-0.2, 0) is 16.1 Å². The van der Waals surface area contributed by atoms with Crippen LogP contribution in [0.25, 0.3) is 0 Å². The van der Waals surface area contributed by atoms with Crippen LogP contribution in [0.2, 0.25) is 0 Å². The van der Waals surface area contributed by atoms with Crippen LogP contribution in [0.3, 0.4) is 0 Å². The number of rotatable bonds is 7. The van der Waals surface area contributed by atoms with Crippen LogP contribution in [0.5, 0.6) is 0 Å². The van der Waals surface area contributed by atoms with E-state index >= 15 is 0 Å². The van der Waals surface area contributed by atoms with Gasteiger partial charge in [-0.25, -0.2) is 4.68 Å². The predicted octanol–water partition coefficient (Wildman–Crippen LogP) is 0.859. The monoisotopic (exact) mass is 311 g/mol. The van der Waals surface area contributed by atoms with E-state index in [1.54, 1.807) is 4.68 Å². The molecule has 1 aromatic heterocycles. The maximum absolute atomic E-state index is 11.9. The van der Waals surface area contributed by atoms with Crippen LogP contribution in [0.4, 0.5) is 0 Å². The number of nitrogens with zero attached hydrogens (tertiary/aromatic N) is 4. The van der Waals surface area contributed by atoms with Gasteiger partial charge in [-0.1, -0.05) is 11.8 Å². The fourth-order valence-corrected chi connectivity index (χ4v) is 3.23. The Morgan fingerprint density at radius 1 is 1.52 bits per heavy atom. The van der Waals surface area contributed by atoms with E-state index in [-0.39, 0.29) is 18.1 Å². The number of aromatic nitrogens is 4. The number of carbonyl (C=O) groups excluding carboxylic acids is 1. The smallest absolute Gasteiger partial charge is 0.230 e. The van der Waals surface area contributed by atoms with Gasteiger partial charge < -0.3 is 10.1 Å². The second kappa shape index (κ2) is 6.74. The van der Waals surface area contributed by atoms with E-state index in [9.17, 15) is 4.79 Å². The van der Waals surface area contributed by atoms with Crippen LogP contribution in [-0.4, -0.2) is 50.6 Å². The number of thioether (sulfide) groups is 1. The lowest BCUT2D eigenvalue weighted by Crippen LogP contribution is -2.35. The van der Waals surface area contributed by atoms with Gasteiger partial charge in [0.25, 0.3) is 0 Å². The minimum atomic E-state index is 0.0473. The summed E-state index contributed by atoms with van der Waals surface area (Å²) in [6.07, 6.45) is 4.79. The van der Waals surface area contributed by atoms with Crippen molar-refractivity contribution in [3.8, 4) is 0 Å². The van der Waals surface area contributed by atoms with Gasteiger partial charge in [-0.05, 0) is 49.0 Å². The maximum Gasteiger partial charge on any atom is 0.230 e. The highest BCUT2D eigenvalue weighted by molar-refractivity contribution is 7.99. The molecule has 1 N–H and O–H groups in total. The molecule has 1 aromatic rings. The van der Waals surface area contributed by atoms with Gasteiger partial charge in [0.05, 0.1) is 18.4 Å². The SMILES string of the molecule is CC(NC(=O)CSc1nnnn1CC1CCCO1)C1CC1. The van der Waals surface area contributed by atoms with Gasteiger partial charge in [-0.2, -0.15) is 0 Å². The largest absolute Gasteiger partial charge is 0.376 e. The van der Waals surface area contributed by atoms with Crippen LogP contribution in [0.1, 0.15) is 32.6 Å². The number of ether oxygens (including phenoxy) is 1. The van der Waals surface area contributed by atoms with Gasteiger partial charge in [0.2, 0.25) is 11.1 Å². The Kier molecular flexibility index (Phi) is 4.74. The summed E-state index contributed by atoms with van der Waals surface area (Å²) in [7, 11) is 0. The number of tetrazole rings is 1. The number of nitrogens with one attached hydrogen (secondary N) is 1. The highest BCUT2D eigenvalue weighted by atomic mass is 32.2. The average molecular weight is 311 g/mol. The van der Waals surface area contributed by atoms with E-state index in [1.807, 2.05) is 0 Å². The molecule has 1 amide bonds. The molecule has 8 heteroatoms. The molecule has 21 heavy (non-hydrogen) atoms. The molecule has 2 aliphatic rings. The van der Waals surface area contributed by atoms with Crippen molar-refractivity contribution in [3.05, 3.63) is 0 Å². The van der Waals surface area contributed by atoms with E-state index in [1.165, 1.54) is 24.6 Å². The first kappa shape index (κ1) is 14.8. The molecular weight excluding hydrogens is 290 g/mol. The van der Waals surface area contributed by atoms with E-state index in [4.69, 9.17) is 4.74 Å². The van der Waals surface area contributed by atoms with Gasteiger partial charge in [0.15, 0.2) is 0 Å². The zero-order chi connectivity index (χ0) is 14.7. The van der Waals surface area contributed by atoms with Gasteiger partial charge in [-0.15, -0.1) is 5.10 Å². The van der Waals surface area contributed by atoms with Gasteiger partial charge >= 0.3 is 0 Å². The summed E-state index contributed by atoms with van der Waals surface area (Å²) in [5, 5.41) is 15.4. The number of amides is 1. The normalized spacial score (nSPS) is 23.2. The standard InChI is InChI=1S/C13H21N5O2S/c1-9(10-4-5-10)14-12(19)8-21-13-15-16-17-18(13)7-11-3-2-6-20-11/h9-11H,2-8H2,1H3,(H,14,19). The summed E-state index contributed by atoms with van der Waals surface area (Å²) < 4.78 is 7.32. The Labute approximate surface area is 128 Å². The quantitative estimate of drug-likeness (QED) is 0.752. The lowest BCUT2D eigenvalue weighted by Gasteiger charge is -2.12. The second-order valence-electron chi connectivity index (χ2n) is 5.76. The highest BCUT2D eigenvalue weighted by Gasteiger charge is 2.29. The van der Waals surface area contributed by atoms with Crippen molar-refractivity contribution in [1.82, 2.24) is 25.5 Å². The molecule has 1 aliphatic carbocycles. The Bertz CT molecular complexity index is 485. The van der Waals surface area contributed by atoms with Gasteiger partial charge in [0, 0.05) is 12.6 Å². The molecule has 0 bridgehead atoms. The third-order valence-corrected chi connectivity index (χ3v) is 4.91. The summed E-state index contributed by atoms with van der Waals surface area (Å²) in [6, 6.07) is 0.279. The van der Waals surface area contributed by atoms with Crippen molar-refractivity contribution in [3.63, 3.8) is 0 Å². The minimum Gasteiger partial charge on any atom is -0.376 e. The van der Waals surface area contributed by atoms with E-state index in [0.29, 0.717) is 23.4 Å². The Balaban J connectivity index is 1.46. The molecule has 3 rings (SSSR count). The Morgan fingerprint density at radius 2 is 2.38 bits per heavy atom. The van der Waals surface area contributed by atoms with Crippen LogP contribution >= 0.6 is 11.8 Å². The van der Waals surface area contributed by atoms with Crippen LogP contribution in [0, 0.1) is 5.92 Å². The van der Waals surface area contributed by atoms with Gasteiger partial charge in [0.1, 0.15) is 0 Å². The third kappa shape index (κ3) is 4.16. The number of carbonyl (C=O) groups is 1. The lowest BCUT2D eigenvalue weighted by molar-refractivity contribution is -0.119. The molecule has 0 aromatic carbocycles. The number of hydrogen-bond donors (Lipinski definition) is 1. The van der Waals surface area contributed by atoms with E-state index < -0.39 is 0 Å². The summed E-state index contributed by atoms with van der Waals surface area (Å²) in [5.41, 5.74) is 0. The van der Waals surface area contributed by atoms with Crippen molar-refractivity contribution in [1.29, 1.82) is 0 Å². The molecule has 0 radical (unpaired) electrons. The fraction of sp³-hybridized carbons (Fsp3) is 0.846. The number of hydrogen-bond acceptors (Lipinski definition) is 6. The maximum atomic E-state index is 11.9. The Hall–Kier alpha value is -1.15. The van der Waals surface area contributed by atoms with Crippen LogP contribution < -0.4 is 5.32 Å². The average Bonchev–Trinajstić information content (AvgIpc) is 3.03. The molecule has 1 saturated heterocycles. The topological polar surface area (TPSA) is 81.9 Å². The molecule has 2 atom stereocenters. The van der Waals surface area contributed by atoms with Crippen LogP contribution in [0.15, 0.2) is 5.16 Å².